The number of aromatic nitrogens is 2. The lowest BCUT2D eigenvalue weighted by atomic mass is 10.1. The first-order chi connectivity index (χ1) is 10.9. The van der Waals surface area contributed by atoms with Crippen LogP contribution < -0.4 is 10.1 Å². The van der Waals surface area contributed by atoms with Gasteiger partial charge in [0.2, 0.25) is 0 Å². The Hall–Kier alpha value is -2.53. The molecule has 3 aromatic rings. The number of carbonyl (C=O) groups excluding carboxylic acids is 1. The Morgan fingerprint density at radius 2 is 1.96 bits per heavy atom. The molecule has 6 heteroatoms. The Bertz CT molecular complexity index is 840. The monoisotopic (exact) mass is 329 g/mol. The second kappa shape index (κ2) is 5.93. The van der Waals surface area contributed by atoms with Gasteiger partial charge in [0.1, 0.15) is 5.75 Å². The van der Waals surface area contributed by atoms with Gasteiger partial charge in [0, 0.05) is 23.1 Å². The van der Waals surface area contributed by atoms with Crippen molar-refractivity contribution in [3.05, 3.63) is 59.9 Å². The summed E-state index contributed by atoms with van der Waals surface area (Å²) in [4.78, 5) is 12.5. The summed E-state index contributed by atoms with van der Waals surface area (Å²) >= 11 is 5.85. The summed E-state index contributed by atoms with van der Waals surface area (Å²) in [5.41, 5.74) is 0.565. The Labute approximate surface area is 138 Å². The molecule has 2 aromatic heterocycles. The molecule has 5 nitrogen and oxygen atoms in total. The van der Waals surface area contributed by atoms with E-state index in [1.165, 1.54) is 0 Å². The maximum absolute atomic E-state index is 12.5. The molecule has 1 N–H and O–H groups in total. The molecule has 0 unspecified atom stereocenters. The maximum Gasteiger partial charge on any atom is 0.267 e. The van der Waals surface area contributed by atoms with Crippen LogP contribution in [-0.2, 0) is 4.79 Å². The minimum absolute atomic E-state index is 0.240. The molecular formula is C17H16ClN3O2. The number of hydrogen-bond donors (Lipinski definition) is 1. The Morgan fingerprint density at radius 3 is 2.70 bits per heavy atom. The lowest BCUT2D eigenvalue weighted by molar-refractivity contribution is -0.128. The Morgan fingerprint density at radius 1 is 1.22 bits per heavy atom. The van der Waals surface area contributed by atoms with E-state index in [0.717, 1.165) is 5.52 Å². The van der Waals surface area contributed by atoms with Gasteiger partial charge in [-0.15, -0.1) is 0 Å². The first kappa shape index (κ1) is 15.4. The van der Waals surface area contributed by atoms with Crippen molar-refractivity contribution in [2.75, 3.05) is 5.32 Å². The van der Waals surface area contributed by atoms with E-state index in [0.29, 0.717) is 16.5 Å². The van der Waals surface area contributed by atoms with Gasteiger partial charge in [-0.05, 0) is 56.3 Å². The standard InChI is InChI=1S/C17H16ClN3O2/c1-17(2,23-15-5-3-12(18)4-6-15)16(22)20-13-8-10-21-14(11-13)7-9-19-21/h3-11H,1-2H3,(H,20,22). The highest BCUT2D eigenvalue weighted by molar-refractivity contribution is 6.30. The molecule has 0 radical (unpaired) electrons. The van der Waals surface area contributed by atoms with Gasteiger partial charge in [-0.3, -0.25) is 4.79 Å². The van der Waals surface area contributed by atoms with Gasteiger partial charge in [0.25, 0.3) is 5.91 Å². The number of nitrogens with zero attached hydrogens (tertiary/aromatic N) is 2. The van der Waals surface area contributed by atoms with Crippen molar-refractivity contribution in [3.8, 4) is 5.75 Å². The lowest BCUT2D eigenvalue weighted by Gasteiger charge is -2.25. The molecule has 0 fully saturated rings. The van der Waals surface area contributed by atoms with Gasteiger partial charge >= 0.3 is 0 Å². The summed E-state index contributed by atoms with van der Waals surface area (Å²) in [5.74, 6) is 0.345. The summed E-state index contributed by atoms with van der Waals surface area (Å²) in [6.45, 7) is 3.43. The van der Waals surface area contributed by atoms with Crippen LogP contribution in [0.3, 0.4) is 0 Å². The number of pyridine rings is 1. The average Bonchev–Trinajstić information content (AvgIpc) is 2.97. The molecule has 118 valence electrons. The predicted octanol–water partition coefficient (Wildman–Crippen LogP) is 3.78. The lowest BCUT2D eigenvalue weighted by Crippen LogP contribution is -2.42. The minimum atomic E-state index is -1.03. The SMILES string of the molecule is CC(C)(Oc1ccc(Cl)cc1)C(=O)Nc1ccn2nccc2c1. The number of halogens is 1. The summed E-state index contributed by atoms with van der Waals surface area (Å²) in [6.07, 6.45) is 3.49. The zero-order chi connectivity index (χ0) is 16.4. The van der Waals surface area contributed by atoms with E-state index in [9.17, 15) is 4.79 Å². The largest absolute Gasteiger partial charge is 0.478 e. The number of amides is 1. The van der Waals surface area contributed by atoms with E-state index in [4.69, 9.17) is 16.3 Å². The van der Waals surface area contributed by atoms with Crippen molar-refractivity contribution >= 4 is 28.7 Å². The van der Waals surface area contributed by atoms with Crippen LogP contribution in [-0.4, -0.2) is 21.1 Å². The molecule has 0 aliphatic heterocycles. The molecule has 0 aliphatic carbocycles. The van der Waals surface area contributed by atoms with E-state index in [2.05, 4.69) is 10.4 Å². The fourth-order valence-electron chi connectivity index (χ4n) is 2.12. The quantitative estimate of drug-likeness (QED) is 0.792. The third-order valence-electron chi connectivity index (χ3n) is 3.39. The van der Waals surface area contributed by atoms with Crippen LogP contribution in [0.4, 0.5) is 5.69 Å². The van der Waals surface area contributed by atoms with E-state index in [1.807, 2.05) is 12.1 Å². The molecule has 0 saturated carbocycles. The number of ether oxygens (including phenoxy) is 1. The number of rotatable bonds is 4. The van der Waals surface area contributed by atoms with Gasteiger partial charge in [0.15, 0.2) is 5.60 Å². The average molecular weight is 330 g/mol. The molecule has 0 bridgehead atoms. The highest BCUT2D eigenvalue weighted by atomic mass is 35.5. The van der Waals surface area contributed by atoms with Crippen molar-refractivity contribution in [1.29, 1.82) is 0 Å². The normalized spacial score (nSPS) is 11.4. The Balaban J connectivity index is 1.73. The summed E-state index contributed by atoms with van der Waals surface area (Å²) in [5, 5.41) is 7.60. The second-order valence-corrected chi connectivity index (χ2v) is 6.07. The van der Waals surface area contributed by atoms with Crippen LogP contribution in [0, 0.1) is 0 Å². The molecule has 3 rings (SSSR count). The number of fused-ring (bicyclic) bond motifs is 1. The molecule has 1 amide bonds. The summed E-state index contributed by atoms with van der Waals surface area (Å²) < 4.78 is 7.50. The van der Waals surface area contributed by atoms with Crippen LogP contribution in [0.5, 0.6) is 5.75 Å². The molecule has 0 spiro atoms. The van der Waals surface area contributed by atoms with Crippen LogP contribution >= 0.6 is 11.6 Å². The molecule has 2 heterocycles. The van der Waals surface area contributed by atoms with E-state index in [1.54, 1.807) is 61.1 Å². The van der Waals surface area contributed by atoms with Gasteiger partial charge in [0.05, 0.1) is 5.52 Å². The first-order valence-electron chi connectivity index (χ1n) is 7.13. The molecular weight excluding hydrogens is 314 g/mol. The van der Waals surface area contributed by atoms with Crippen molar-refractivity contribution in [2.24, 2.45) is 0 Å². The molecule has 0 saturated heterocycles. The summed E-state index contributed by atoms with van der Waals surface area (Å²) in [7, 11) is 0. The number of anilines is 1. The maximum atomic E-state index is 12.5. The van der Waals surface area contributed by atoms with Gasteiger partial charge < -0.3 is 10.1 Å². The van der Waals surface area contributed by atoms with Crippen molar-refractivity contribution < 1.29 is 9.53 Å². The second-order valence-electron chi connectivity index (χ2n) is 5.64. The molecule has 0 atom stereocenters. The van der Waals surface area contributed by atoms with Crippen LogP contribution in [0.2, 0.25) is 5.02 Å². The van der Waals surface area contributed by atoms with Crippen LogP contribution in [0.25, 0.3) is 5.52 Å². The Kier molecular flexibility index (Phi) is 3.96. The third kappa shape index (κ3) is 3.46. The van der Waals surface area contributed by atoms with Gasteiger partial charge in [-0.25, -0.2) is 4.52 Å². The van der Waals surface area contributed by atoms with Crippen molar-refractivity contribution in [3.63, 3.8) is 0 Å². The number of hydrogen-bond acceptors (Lipinski definition) is 3. The zero-order valence-corrected chi connectivity index (χ0v) is 13.5. The molecule has 0 aliphatic rings. The van der Waals surface area contributed by atoms with Crippen LogP contribution in [0.1, 0.15) is 13.8 Å². The fraction of sp³-hybridized carbons (Fsp3) is 0.176. The smallest absolute Gasteiger partial charge is 0.267 e. The first-order valence-corrected chi connectivity index (χ1v) is 7.51. The molecule has 23 heavy (non-hydrogen) atoms. The van der Waals surface area contributed by atoms with Crippen LogP contribution in [0.15, 0.2) is 54.9 Å². The van der Waals surface area contributed by atoms with E-state index < -0.39 is 5.60 Å². The van der Waals surface area contributed by atoms with Crippen molar-refractivity contribution in [2.45, 2.75) is 19.4 Å². The van der Waals surface area contributed by atoms with Gasteiger partial charge in [-0.2, -0.15) is 5.10 Å². The topological polar surface area (TPSA) is 55.6 Å². The number of benzene rings is 1. The summed E-state index contributed by atoms with van der Waals surface area (Å²) in [6, 6.07) is 12.4. The zero-order valence-electron chi connectivity index (χ0n) is 12.8. The van der Waals surface area contributed by atoms with E-state index >= 15 is 0 Å². The fourth-order valence-corrected chi connectivity index (χ4v) is 2.25. The molecule has 1 aromatic carbocycles. The van der Waals surface area contributed by atoms with Gasteiger partial charge in [-0.1, -0.05) is 11.6 Å². The highest BCUT2D eigenvalue weighted by Gasteiger charge is 2.30. The number of nitrogens with one attached hydrogen (secondary N) is 1. The third-order valence-corrected chi connectivity index (χ3v) is 3.64. The highest BCUT2D eigenvalue weighted by Crippen LogP contribution is 2.22. The predicted molar refractivity (Wildman–Crippen MR) is 90.0 cm³/mol. The van der Waals surface area contributed by atoms with Crippen molar-refractivity contribution in [1.82, 2.24) is 9.61 Å². The minimum Gasteiger partial charge on any atom is -0.478 e. The number of carbonyl (C=O) groups is 1. The van der Waals surface area contributed by atoms with E-state index in [-0.39, 0.29) is 5.91 Å².